The summed E-state index contributed by atoms with van der Waals surface area (Å²) in [5.41, 5.74) is 1.94. The Kier molecular flexibility index (Phi) is 3.53. The van der Waals surface area contributed by atoms with Crippen molar-refractivity contribution in [2.45, 2.75) is 6.54 Å². The lowest BCUT2D eigenvalue weighted by atomic mass is 10.2. The summed E-state index contributed by atoms with van der Waals surface area (Å²) in [6, 6.07) is 6.04. The van der Waals surface area contributed by atoms with Crippen LogP contribution in [0.3, 0.4) is 0 Å². The van der Waals surface area contributed by atoms with Gasteiger partial charge in [-0.15, -0.1) is 0 Å². The Balaban J connectivity index is 2.42. The minimum absolute atomic E-state index is 0.147. The second-order valence-electron chi connectivity index (χ2n) is 3.74. The van der Waals surface area contributed by atoms with Crippen molar-refractivity contribution in [2.75, 3.05) is 5.43 Å². The Morgan fingerprint density at radius 2 is 2.21 bits per heavy atom. The van der Waals surface area contributed by atoms with Crippen molar-refractivity contribution in [1.29, 1.82) is 0 Å². The molecule has 3 N–H and O–H groups in total. The molecule has 0 saturated carbocycles. The third-order valence-electron chi connectivity index (χ3n) is 2.57. The summed E-state index contributed by atoms with van der Waals surface area (Å²) >= 11 is 0. The van der Waals surface area contributed by atoms with Gasteiger partial charge in [0.15, 0.2) is 0 Å². The number of nitrogens with zero attached hydrogens (tertiary/aromatic N) is 3. The molecule has 8 nitrogen and oxygen atoms in total. The molecule has 0 unspecified atom stereocenters. The summed E-state index contributed by atoms with van der Waals surface area (Å²) in [6.45, 7) is 0.147. The minimum Gasteiger partial charge on any atom is -0.308 e. The van der Waals surface area contributed by atoms with E-state index in [9.17, 15) is 14.9 Å². The quantitative estimate of drug-likeness (QED) is 0.470. The van der Waals surface area contributed by atoms with Crippen molar-refractivity contribution in [2.24, 2.45) is 5.84 Å². The van der Waals surface area contributed by atoms with Gasteiger partial charge in [0.05, 0.1) is 11.5 Å². The molecule has 2 rings (SSSR count). The number of aromatic nitrogens is 2. The fraction of sp³-hybridized carbons (Fsp3) is 0.0909. The van der Waals surface area contributed by atoms with Crippen LogP contribution in [0, 0.1) is 10.1 Å². The predicted octanol–water partition coefficient (Wildman–Crippen LogP) is 0.485. The lowest BCUT2D eigenvalue weighted by molar-refractivity contribution is -0.386. The number of nitrogens with one attached hydrogen (secondary N) is 1. The normalized spacial score (nSPS) is 10.2. The minimum atomic E-state index is -0.704. The van der Waals surface area contributed by atoms with Crippen LogP contribution in [0.2, 0.25) is 0 Å². The van der Waals surface area contributed by atoms with Gasteiger partial charge in [0.25, 0.3) is 0 Å². The summed E-state index contributed by atoms with van der Waals surface area (Å²) in [6.07, 6.45) is 3.03. The lowest BCUT2D eigenvalue weighted by Crippen LogP contribution is -2.23. The van der Waals surface area contributed by atoms with Crippen molar-refractivity contribution in [3.05, 3.63) is 62.7 Å². The zero-order valence-corrected chi connectivity index (χ0v) is 9.81. The van der Waals surface area contributed by atoms with Crippen LogP contribution < -0.4 is 16.8 Å². The molecule has 0 aliphatic rings. The van der Waals surface area contributed by atoms with Gasteiger partial charge >= 0.3 is 11.2 Å². The van der Waals surface area contributed by atoms with Gasteiger partial charge in [-0.05, 0) is 12.1 Å². The van der Waals surface area contributed by atoms with E-state index in [1.165, 1.54) is 22.9 Å². The fourth-order valence-corrected chi connectivity index (χ4v) is 1.67. The van der Waals surface area contributed by atoms with E-state index in [4.69, 9.17) is 5.84 Å². The SMILES string of the molecule is NNc1ncccc1Cn1cccc([N+](=O)[O-])c1=O. The molecule has 0 aliphatic heterocycles. The molecule has 2 aromatic heterocycles. The van der Waals surface area contributed by atoms with Crippen LogP contribution in [-0.2, 0) is 6.54 Å². The van der Waals surface area contributed by atoms with Gasteiger partial charge in [-0.25, -0.2) is 10.8 Å². The molecule has 0 bridgehead atoms. The zero-order valence-electron chi connectivity index (χ0n) is 9.81. The number of nitro groups is 1. The first-order valence-corrected chi connectivity index (χ1v) is 5.38. The molecule has 0 fully saturated rings. The van der Waals surface area contributed by atoms with E-state index in [-0.39, 0.29) is 6.54 Å². The van der Waals surface area contributed by atoms with E-state index in [0.717, 1.165) is 0 Å². The van der Waals surface area contributed by atoms with E-state index in [1.54, 1.807) is 18.3 Å². The van der Waals surface area contributed by atoms with Crippen LogP contribution in [0.5, 0.6) is 0 Å². The van der Waals surface area contributed by atoms with Gasteiger partial charge in [-0.1, -0.05) is 6.07 Å². The number of pyridine rings is 2. The van der Waals surface area contributed by atoms with Crippen molar-refractivity contribution >= 4 is 11.5 Å². The maximum atomic E-state index is 11.9. The zero-order chi connectivity index (χ0) is 13.8. The average Bonchev–Trinajstić information content (AvgIpc) is 2.41. The molecule has 8 heteroatoms. The highest BCUT2D eigenvalue weighted by Crippen LogP contribution is 2.11. The Labute approximate surface area is 107 Å². The maximum absolute atomic E-state index is 11.9. The van der Waals surface area contributed by atoms with Crippen LogP contribution >= 0.6 is 0 Å². The second-order valence-corrected chi connectivity index (χ2v) is 3.74. The largest absolute Gasteiger partial charge is 0.334 e. The Morgan fingerprint density at radius 1 is 1.42 bits per heavy atom. The number of hydrogen-bond acceptors (Lipinski definition) is 6. The van der Waals surface area contributed by atoms with Gasteiger partial charge in [-0.2, -0.15) is 0 Å². The maximum Gasteiger partial charge on any atom is 0.334 e. The molecular formula is C11H11N5O3. The van der Waals surface area contributed by atoms with Gasteiger partial charge < -0.3 is 9.99 Å². The lowest BCUT2D eigenvalue weighted by Gasteiger charge is -2.09. The first-order valence-electron chi connectivity index (χ1n) is 5.38. The average molecular weight is 261 g/mol. The smallest absolute Gasteiger partial charge is 0.308 e. The summed E-state index contributed by atoms with van der Waals surface area (Å²) in [5.74, 6) is 5.73. The van der Waals surface area contributed by atoms with E-state index in [0.29, 0.717) is 11.4 Å². The molecule has 98 valence electrons. The number of nitrogens with two attached hydrogens (primary N) is 1. The van der Waals surface area contributed by atoms with Crippen LogP contribution in [0.15, 0.2) is 41.5 Å². The second kappa shape index (κ2) is 5.27. The molecule has 0 atom stereocenters. The number of rotatable bonds is 4. The number of nitrogen functional groups attached to an aromatic ring is 1. The molecule has 0 saturated heterocycles. The predicted molar refractivity (Wildman–Crippen MR) is 68.5 cm³/mol. The molecule has 0 radical (unpaired) electrons. The van der Waals surface area contributed by atoms with E-state index in [2.05, 4.69) is 10.4 Å². The molecule has 0 aromatic carbocycles. The van der Waals surface area contributed by atoms with Crippen molar-refractivity contribution in [3.63, 3.8) is 0 Å². The van der Waals surface area contributed by atoms with Crippen LogP contribution in [0.4, 0.5) is 11.5 Å². The molecule has 2 aromatic rings. The summed E-state index contributed by atoms with van der Waals surface area (Å²) in [7, 11) is 0. The molecular weight excluding hydrogens is 250 g/mol. The van der Waals surface area contributed by atoms with Crippen LogP contribution in [0.25, 0.3) is 0 Å². The highest BCUT2D eigenvalue weighted by atomic mass is 16.6. The first kappa shape index (κ1) is 12.7. The summed E-state index contributed by atoms with van der Waals surface area (Å²) in [5, 5.41) is 10.7. The highest BCUT2D eigenvalue weighted by Gasteiger charge is 2.14. The third kappa shape index (κ3) is 2.58. The van der Waals surface area contributed by atoms with Gasteiger partial charge in [0.2, 0.25) is 0 Å². The number of hydrazine groups is 1. The van der Waals surface area contributed by atoms with E-state index < -0.39 is 16.2 Å². The molecule has 0 aliphatic carbocycles. The summed E-state index contributed by atoms with van der Waals surface area (Å²) < 4.78 is 1.23. The monoisotopic (exact) mass is 261 g/mol. The van der Waals surface area contributed by atoms with Gasteiger partial charge in [0, 0.05) is 24.0 Å². The van der Waals surface area contributed by atoms with Crippen molar-refractivity contribution in [1.82, 2.24) is 9.55 Å². The Hall–Kier alpha value is -2.74. The third-order valence-corrected chi connectivity index (χ3v) is 2.57. The Bertz CT molecular complexity index is 667. The van der Waals surface area contributed by atoms with Crippen LogP contribution in [-0.4, -0.2) is 14.5 Å². The van der Waals surface area contributed by atoms with E-state index >= 15 is 0 Å². The topological polar surface area (TPSA) is 116 Å². The molecule has 0 amide bonds. The highest BCUT2D eigenvalue weighted by molar-refractivity contribution is 5.42. The van der Waals surface area contributed by atoms with Crippen molar-refractivity contribution in [3.8, 4) is 0 Å². The number of anilines is 1. The van der Waals surface area contributed by atoms with Crippen LogP contribution in [0.1, 0.15) is 5.56 Å². The first-order chi connectivity index (χ1) is 9.13. The Morgan fingerprint density at radius 3 is 2.89 bits per heavy atom. The van der Waals surface area contributed by atoms with E-state index in [1.807, 2.05) is 0 Å². The standard InChI is InChI=1S/C11H11N5O3/c12-14-10-8(3-1-5-13-10)7-15-6-2-4-9(11(15)17)16(18)19/h1-6H,7,12H2,(H,13,14). The molecule has 0 spiro atoms. The molecule has 19 heavy (non-hydrogen) atoms. The van der Waals surface area contributed by atoms with Gasteiger partial charge in [-0.3, -0.25) is 14.9 Å². The molecule has 2 heterocycles. The van der Waals surface area contributed by atoms with Gasteiger partial charge in [0.1, 0.15) is 5.82 Å². The summed E-state index contributed by atoms with van der Waals surface area (Å²) in [4.78, 5) is 25.9. The number of hydrogen-bond donors (Lipinski definition) is 2. The fourth-order valence-electron chi connectivity index (χ4n) is 1.67. The van der Waals surface area contributed by atoms with Crippen molar-refractivity contribution < 1.29 is 4.92 Å².